The fourth-order valence-electron chi connectivity index (χ4n) is 3.61. The van der Waals surface area contributed by atoms with E-state index >= 15 is 0 Å². The Kier molecular flexibility index (Phi) is 7.07. The van der Waals surface area contributed by atoms with Crippen LogP contribution in [-0.2, 0) is 16.0 Å². The van der Waals surface area contributed by atoms with Crippen LogP contribution >= 0.6 is 23.7 Å². The highest BCUT2D eigenvalue weighted by atomic mass is 35.5. The molecule has 0 spiro atoms. The van der Waals surface area contributed by atoms with Crippen LogP contribution in [0.2, 0.25) is 0 Å². The predicted octanol–water partition coefficient (Wildman–Crippen LogP) is 1.91. The standard InChI is InChI=1S/C17H25N3O2S.ClH/c1-18-13-5-2-8-19(12-13)17(22)15-7-3-9-20(15)16(21)11-14-6-4-10-23-14;/h4,6,10,13,15,18H,2-3,5,7-9,11-12H2,1H3;1H. The number of nitrogens with zero attached hydrogens (tertiary/aromatic N) is 2. The minimum absolute atomic E-state index is 0. The maximum Gasteiger partial charge on any atom is 0.245 e. The summed E-state index contributed by atoms with van der Waals surface area (Å²) in [6, 6.07) is 4.07. The smallest absolute Gasteiger partial charge is 0.245 e. The van der Waals surface area contributed by atoms with E-state index in [1.807, 2.05) is 34.4 Å². The normalized spacial score (nSPS) is 23.9. The third-order valence-electron chi connectivity index (χ3n) is 4.91. The van der Waals surface area contributed by atoms with Crippen LogP contribution in [0.3, 0.4) is 0 Å². The average Bonchev–Trinajstić information content (AvgIpc) is 3.25. The molecular weight excluding hydrogens is 346 g/mol. The molecule has 3 heterocycles. The summed E-state index contributed by atoms with van der Waals surface area (Å²) >= 11 is 1.60. The number of thiophene rings is 1. The van der Waals surface area contributed by atoms with E-state index < -0.39 is 0 Å². The Morgan fingerprint density at radius 3 is 2.79 bits per heavy atom. The molecule has 3 rings (SSSR count). The van der Waals surface area contributed by atoms with Crippen LogP contribution in [0.4, 0.5) is 0 Å². The van der Waals surface area contributed by atoms with Gasteiger partial charge in [0.1, 0.15) is 6.04 Å². The lowest BCUT2D eigenvalue weighted by Crippen LogP contribution is -2.53. The van der Waals surface area contributed by atoms with E-state index in [9.17, 15) is 9.59 Å². The van der Waals surface area contributed by atoms with Crippen molar-refractivity contribution in [3.8, 4) is 0 Å². The van der Waals surface area contributed by atoms with Gasteiger partial charge in [0.05, 0.1) is 6.42 Å². The summed E-state index contributed by atoms with van der Waals surface area (Å²) in [6.45, 7) is 2.29. The molecule has 1 aromatic heterocycles. The first kappa shape index (κ1) is 19.2. The second kappa shape index (κ2) is 8.83. The quantitative estimate of drug-likeness (QED) is 0.879. The van der Waals surface area contributed by atoms with Crippen molar-refractivity contribution >= 4 is 35.6 Å². The monoisotopic (exact) mass is 371 g/mol. The summed E-state index contributed by atoms with van der Waals surface area (Å²) in [5.74, 6) is 0.229. The van der Waals surface area contributed by atoms with E-state index in [1.54, 1.807) is 11.3 Å². The van der Waals surface area contributed by atoms with Crippen LogP contribution in [0, 0.1) is 0 Å². The highest BCUT2D eigenvalue weighted by molar-refractivity contribution is 7.10. The van der Waals surface area contributed by atoms with Gasteiger partial charge in [0.15, 0.2) is 0 Å². The summed E-state index contributed by atoms with van der Waals surface area (Å²) in [4.78, 5) is 30.3. The molecule has 0 bridgehead atoms. The molecule has 2 fully saturated rings. The molecule has 0 radical (unpaired) electrons. The fraction of sp³-hybridized carbons (Fsp3) is 0.647. The zero-order chi connectivity index (χ0) is 16.2. The van der Waals surface area contributed by atoms with Gasteiger partial charge in [-0.15, -0.1) is 23.7 Å². The van der Waals surface area contributed by atoms with Gasteiger partial charge in [-0.2, -0.15) is 0 Å². The Morgan fingerprint density at radius 2 is 2.08 bits per heavy atom. The third-order valence-corrected chi connectivity index (χ3v) is 5.78. The lowest BCUT2D eigenvalue weighted by atomic mass is 10.0. The minimum Gasteiger partial charge on any atom is -0.339 e. The zero-order valence-corrected chi connectivity index (χ0v) is 15.7. The Balaban J connectivity index is 0.00000208. The average molecular weight is 372 g/mol. The Hall–Kier alpha value is -1.11. The summed E-state index contributed by atoms with van der Waals surface area (Å²) in [6.07, 6.45) is 4.30. The molecular formula is C17H26ClN3O2S. The first-order chi connectivity index (χ1) is 11.2. The number of piperidine rings is 1. The van der Waals surface area contributed by atoms with Crippen LogP contribution in [0.15, 0.2) is 17.5 Å². The van der Waals surface area contributed by atoms with Gasteiger partial charge in [-0.1, -0.05) is 6.07 Å². The summed E-state index contributed by atoms with van der Waals surface area (Å²) < 4.78 is 0. The molecule has 2 saturated heterocycles. The molecule has 0 aromatic carbocycles. The number of carbonyl (C=O) groups is 2. The van der Waals surface area contributed by atoms with Crippen LogP contribution in [0.5, 0.6) is 0 Å². The molecule has 134 valence electrons. The Morgan fingerprint density at radius 1 is 1.29 bits per heavy atom. The van der Waals surface area contributed by atoms with Gasteiger partial charge in [0.2, 0.25) is 11.8 Å². The SMILES string of the molecule is CNC1CCCN(C(=O)C2CCCN2C(=O)Cc2cccs2)C1.Cl. The van der Waals surface area contributed by atoms with E-state index in [1.165, 1.54) is 0 Å². The van der Waals surface area contributed by atoms with Crippen molar-refractivity contribution in [1.82, 2.24) is 15.1 Å². The molecule has 2 atom stereocenters. The molecule has 2 aliphatic heterocycles. The molecule has 1 N–H and O–H groups in total. The maximum atomic E-state index is 12.9. The molecule has 2 amide bonds. The van der Waals surface area contributed by atoms with E-state index in [2.05, 4.69) is 5.32 Å². The number of amides is 2. The topological polar surface area (TPSA) is 52.7 Å². The number of carbonyl (C=O) groups excluding carboxylic acids is 2. The molecule has 2 aliphatic rings. The van der Waals surface area contributed by atoms with Gasteiger partial charge in [-0.3, -0.25) is 9.59 Å². The zero-order valence-electron chi connectivity index (χ0n) is 14.1. The first-order valence-electron chi connectivity index (χ1n) is 8.47. The lowest BCUT2D eigenvalue weighted by molar-refractivity contribution is -0.144. The lowest BCUT2D eigenvalue weighted by Gasteiger charge is -2.36. The van der Waals surface area contributed by atoms with Gasteiger partial charge in [-0.25, -0.2) is 0 Å². The highest BCUT2D eigenvalue weighted by Gasteiger charge is 2.37. The molecule has 5 nitrogen and oxygen atoms in total. The maximum absolute atomic E-state index is 12.9. The van der Waals surface area contributed by atoms with Gasteiger partial charge in [0, 0.05) is 30.6 Å². The fourth-order valence-corrected chi connectivity index (χ4v) is 4.31. The minimum atomic E-state index is -0.252. The number of likely N-dealkylation sites (tertiary alicyclic amines) is 2. The Bertz CT molecular complexity index is 552. The van der Waals surface area contributed by atoms with Crippen LogP contribution in [0.1, 0.15) is 30.6 Å². The summed E-state index contributed by atoms with van der Waals surface area (Å²) in [5, 5.41) is 5.26. The van der Waals surface area contributed by atoms with Crippen molar-refractivity contribution in [3.05, 3.63) is 22.4 Å². The van der Waals surface area contributed by atoms with E-state index in [0.717, 1.165) is 43.6 Å². The number of hydrogen-bond donors (Lipinski definition) is 1. The van der Waals surface area contributed by atoms with Crippen molar-refractivity contribution in [2.75, 3.05) is 26.7 Å². The number of likely N-dealkylation sites (N-methyl/N-ethyl adjacent to an activating group) is 1. The van der Waals surface area contributed by atoms with Gasteiger partial charge in [-0.05, 0) is 44.2 Å². The number of hydrogen-bond acceptors (Lipinski definition) is 4. The van der Waals surface area contributed by atoms with E-state index in [0.29, 0.717) is 19.0 Å². The van der Waals surface area contributed by atoms with Crippen LogP contribution < -0.4 is 5.32 Å². The van der Waals surface area contributed by atoms with Gasteiger partial charge >= 0.3 is 0 Å². The molecule has 0 aliphatic carbocycles. The van der Waals surface area contributed by atoms with Crippen molar-refractivity contribution in [1.29, 1.82) is 0 Å². The van der Waals surface area contributed by atoms with Crippen molar-refractivity contribution in [3.63, 3.8) is 0 Å². The van der Waals surface area contributed by atoms with Crippen LogP contribution in [-0.4, -0.2) is 60.4 Å². The summed E-state index contributed by atoms with van der Waals surface area (Å²) in [7, 11) is 1.95. The molecule has 7 heteroatoms. The largest absolute Gasteiger partial charge is 0.339 e. The van der Waals surface area contributed by atoms with Crippen LogP contribution in [0.25, 0.3) is 0 Å². The van der Waals surface area contributed by atoms with E-state index in [4.69, 9.17) is 0 Å². The third kappa shape index (κ3) is 4.29. The Labute approximate surface area is 153 Å². The molecule has 2 unspecified atom stereocenters. The molecule has 24 heavy (non-hydrogen) atoms. The second-order valence-electron chi connectivity index (χ2n) is 6.41. The predicted molar refractivity (Wildman–Crippen MR) is 98.7 cm³/mol. The first-order valence-corrected chi connectivity index (χ1v) is 9.35. The second-order valence-corrected chi connectivity index (χ2v) is 7.45. The highest BCUT2D eigenvalue weighted by Crippen LogP contribution is 2.23. The number of halogens is 1. The molecule has 0 saturated carbocycles. The van der Waals surface area contributed by atoms with Gasteiger partial charge < -0.3 is 15.1 Å². The van der Waals surface area contributed by atoms with Crippen molar-refractivity contribution in [2.45, 2.75) is 44.2 Å². The number of rotatable bonds is 4. The summed E-state index contributed by atoms with van der Waals surface area (Å²) in [5.41, 5.74) is 0. The molecule has 1 aromatic rings. The van der Waals surface area contributed by atoms with E-state index in [-0.39, 0.29) is 30.3 Å². The van der Waals surface area contributed by atoms with Crippen molar-refractivity contribution in [2.24, 2.45) is 0 Å². The number of nitrogens with one attached hydrogen (secondary N) is 1. The van der Waals surface area contributed by atoms with Gasteiger partial charge in [0.25, 0.3) is 0 Å². The van der Waals surface area contributed by atoms with Crippen molar-refractivity contribution < 1.29 is 9.59 Å².